The SMILES string of the molecule is CC(C)N(CCCO)CCCn1ccnc1. The molecule has 1 heterocycles. The van der Waals surface area contributed by atoms with Crippen LogP contribution in [0.1, 0.15) is 26.7 Å². The summed E-state index contributed by atoms with van der Waals surface area (Å²) in [4.78, 5) is 6.43. The third kappa shape index (κ3) is 4.77. The maximum absolute atomic E-state index is 8.83. The van der Waals surface area contributed by atoms with Gasteiger partial charge in [-0.25, -0.2) is 4.98 Å². The Kier molecular flexibility index (Phi) is 6.11. The van der Waals surface area contributed by atoms with E-state index in [9.17, 15) is 0 Å². The van der Waals surface area contributed by atoms with Crippen molar-refractivity contribution in [2.45, 2.75) is 39.3 Å². The van der Waals surface area contributed by atoms with Crippen LogP contribution < -0.4 is 0 Å². The van der Waals surface area contributed by atoms with Crippen molar-refractivity contribution >= 4 is 0 Å². The first-order valence-corrected chi connectivity index (χ1v) is 6.04. The van der Waals surface area contributed by atoms with Gasteiger partial charge >= 0.3 is 0 Å². The van der Waals surface area contributed by atoms with Gasteiger partial charge in [-0.3, -0.25) is 0 Å². The molecule has 1 rings (SSSR count). The molecule has 0 amide bonds. The van der Waals surface area contributed by atoms with Crippen molar-refractivity contribution in [3.8, 4) is 0 Å². The second-order valence-corrected chi connectivity index (χ2v) is 4.36. The molecule has 92 valence electrons. The van der Waals surface area contributed by atoms with E-state index < -0.39 is 0 Å². The molecular formula is C12H23N3O. The normalized spacial score (nSPS) is 11.6. The van der Waals surface area contributed by atoms with Crippen molar-refractivity contribution in [1.29, 1.82) is 0 Å². The minimum atomic E-state index is 0.282. The highest BCUT2D eigenvalue weighted by Gasteiger charge is 2.07. The Balaban J connectivity index is 2.21. The highest BCUT2D eigenvalue weighted by molar-refractivity contribution is 4.74. The lowest BCUT2D eigenvalue weighted by Crippen LogP contribution is -2.33. The number of aliphatic hydroxyl groups excluding tert-OH is 1. The molecule has 0 spiro atoms. The maximum Gasteiger partial charge on any atom is 0.0945 e. The van der Waals surface area contributed by atoms with Gasteiger partial charge < -0.3 is 14.6 Å². The van der Waals surface area contributed by atoms with Crippen LogP contribution in [0.5, 0.6) is 0 Å². The predicted octanol–water partition coefficient (Wildman–Crippen LogP) is 1.37. The molecule has 0 aromatic carbocycles. The van der Waals surface area contributed by atoms with Crippen molar-refractivity contribution in [3.05, 3.63) is 18.7 Å². The van der Waals surface area contributed by atoms with Gasteiger partial charge in [-0.05, 0) is 26.7 Å². The van der Waals surface area contributed by atoms with E-state index >= 15 is 0 Å². The quantitative estimate of drug-likeness (QED) is 0.726. The zero-order valence-electron chi connectivity index (χ0n) is 10.3. The fourth-order valence-electron chi connectivity index (χ4n) is 1.78. The molecule has 1 aromatic heterocycles. The molecule has 0 fully saturated rings. The average molecular weight is 225 g/mol. The van der Waals surface area contributed by atoms with Crippen LogP contribution in [0, 0.1) is 0 Å². The Labute approximate surface area is 97.9 Å². The molecule has 0 aliphatic heterocycles. The number of hydrogen-bond acceptors (Lipinski definition) is 3. The average Bonchev–Trinajstić information content (AvgIpc) is 2.75. The molecule has 0 saturated heterocycles. The van der Waals surface area contributed by atoms with E-state index in [4.69, 9.17) is 5.11 Å². The zero-order valence-corrected chi connectivity index (χ0v) is 10.3. The lowest BCUT2D eigenvalue weighted by molar-refractivity contribution is 0.187. The van der Waals surface area contributed by atoms with Crippen LogP contribution in [-0.4, -0.2) is 45.3 Å². The number of nitrogens with zero attached hydrogens (tertiary/aromatic N) is 3. The topological polar surface area (TPSA) is 41.3 Å². The second kappa shape index (κ2) is 7.41. The molecule has 0 unspecified atom stereocenters. The van der Waals surface area contributed by atoms with Gasteiger partial charge in [0.25, 0.3) is 0 Å². The van der Waals surface area contributed by atoms with Crippen molar-refractivity contribution in [3.63, 3.8) is 0 Å². The van der Waals surface area contributed by atoms with E-state index in [0.29, 0.717) is 6.04 Å². The first-order chi connectivity index (χ1) is 7.74. The standard InChI is InChI=1S/C12H23N3O/c1-12(2)15(8-4-10-16)7-3-6-14-9-5-13-11-14/h5,9,11-12,16H,3-4,6-8,10H2,1-2H3. The molecule has 0 aliphatic rings. The Morgan fingerprint density at radius 1 is 1.31 bits per heavy atom. The summed E-state index contributed by atoms with van der Waals surface area (Å²) in [6, 6.07) is 0.550. The Hall–Kier alpha value is -0.870. The summed E-state index contributed by atoms with van der Waals surface area (Å²) in [5, 5.41) is 8.83. The second-order valence-electron chi connectivity index (χ2n) is 4.36. The zero-order chi connectivity index (χ0) is 11.8. The van der Waals surface area contributed by atoms with Crippen molar-refractivity contribution in [1.82, 2.24) is 14.5 Å². The molecule has 0 aliphatic carbocycles. The van der Waals surface area contributed by atoms with Gasteiger partial charge in [0.05, 0.1) is 6.33 Å². The van der Waals surface area contributed by atoms with Gasteiger partial charge in [-0.15, -0.1) is 0 Å². The maximum atomic E-state index is 8.83. The summed E-state index contributed by atoms with van der Waals surface area (Å²) in [6.07, 6.45) is 7.65. The molecule has 4 heteroatoms. The number of rotatable bonds is 8. The van der Waals surface area contributed by atoms with Gasteiger partial charge in [0, 0.05) is 44.7 Å². The smallest absolute Gasteiger partial charge is 0.0945 e. The van der Waals surface area contributed by atoms with Crippen LogP contribution in [0.25, 0.3) is 0 Å². The predicted molar refractivity (Wildman–Crippen MR) is 65.3 cm³/mol. The van der Waals surface area contributed by atoms with Gasteiger partial charge in [0.2, 0.25) is 0 Å². The van der Waals surface area contributed by atoms with Gasteiger partial charge in [0.15, 0.2) is 0 Å². The van der Waals surface area contributed by atoms with E-state index in [0.717, 1.165) is 32.5 Å². The first-order valence-electron chi connectivity index (χ1n) is 6.04. The summed E-state index contributed by atoms with van der Waals surface area (Å²) in [5.74, 6) is 0. The molecule has 16 heavy (non-hydrogen) atoms. The number of aliphatic hydroxyl groups is 1. The van der Waals surface area contributed by atoms with Crippen LogP contribution in [0.15, 0.2) is 18.7 Å². The van der Waals surface area contributed by atoms with E-state index in [2.05, 4.69) is 28.3 Å². The number of hydrogen-bond donors (Lipinski definition) is 1. The molecule has 0 radical (unpaired) electrons. The molecule has 0 bridgehead atoms. The third-order valence-electron chi connectivity index (χ3n) is 2.75. The Bertz CT molecular complexity index is 259. The molecule has 1 aromatic rings. The fraction of sp³-hybridized carbons (Fsp3) is 0.750. The number of aromatic nitrogens is 2. The fourth-order valence-corrected chi connectivity index (χ4v) is 1.78. The van der Waals surface area contributed by atoms with E-state index in [-0.39, 0.29) is 6.61 Å². The molecular weight excluding hydrogens is 202 g/mol. The van der Waals surface area contributed by atoms with Crippen LogP contribution in [-0.2, 0) is 6.54 Å². The Morgan fingerprint density at radius 3 is 2.62 bits per heavy atom. The van der Waals surface area contributed by atoms with E-state index in [1.54, 1.807) is 0 Å². The molecule has 0 saturated carbocycles. The molecule has 4 nitrogen and oxygen atoms in total. The minimum absolute atomic E-state index is 0.282. The first kappa shape index (κ1) is 13.2. The summed E-state index contributed by atoms with van der Waals surface area (Å²) in [6.45, 7) is 7.77. The summed E-state index contributed by atoms with van der Waals surface area (Å²) in [5.41, 5.74) is 0. The lowest BCUT2D eigenvalue weighted by atomic mass is 10.2. The summed E-state index contributed by atoms with van der Waals surface area (Å²) >= 11 is 0. The molecule has 0 atom stereocenters. The van der Waals surface area contributed by atoms with Crippen molar-refractivity contribution in [2.75, 3.05) is 19.7 Å². The minimum Gasteiger partial charge on any atom is -0.396 e. The van der Waals surface area contributed by atoms with Crippen molar-refractivity contribution in [2.24, 2.45) is 0 Å². The highest BCUT2D eigenvalue weighted by Crippen LogP contribution is 2.02. The van der Waals surface area contributed by atoms with Crippen molar-refractivity contribution < 1.29 is 5.11 Å². The summed E-state index contributed by atoms with van der Waals surface area (Å²) < 4.78 is 2.10. The highest BCUT2D eigenvalue weighted by atomic mass is 16.3. The van der Waals surface area contributed by atoms with Crippen LogP contribution in [0.2, 0.25) is 0 Å². The number of aryl methyl sites for hydroxylation is 1. The van der Waals surface area contributed by atoms with Gasteiger partial charge in [-0.2, -0.15) is 0 Å². The van der Waals surface area contributed by atoms with E-state index in [1.165, 1.54) is 0 Å². The number of imidazole rings is 1. The van der Waals surface area contributed by atoms with E-state index in [1.807, 2.05) is 18.7 Å². The molecule has 1 N–H and O–H groups in total. The van der Waals surface area contributed by atoms with Gasteiger partial charge in [0.1, 0.15) is 0 Å². The monoisotopic (exact) mass is 225 g/mol. The summed E-state index contributed by atoms with van der Waals surface area (Å²) in [7, 11) is 0. The third-order valence-corrected chi connectivity index (χ3v) is 2.75. The van der Waals surface area contributed by atoms with Crippen LogP contribution >= 0.6 is 0 Å². The van der Waals surface area contributed by atoms with Crippen LogP contribution in [0.3, 0.4) is 0 Å². The Morgan fingerprint density at radius 2 is 2.06 bits per heavy atom. The largest absolute Gasteiger partial charge is 0.396 e. The lowest BCUT2D eigenvalue weighted by Gasteiger charge is -2.26. The van der Waals surface area contributed by atoms with Crippen LogP contribution in [0.4, 0.5) is 0 Å². The van der Waals surface area contributed by atoms with Gasteiger partial charge in [-0.1, -0.05) is 0 Å².